The Bertz CT molecular complexity index is 310. The summed E-state index contributed by atoms with van der Waals surface area (Å²) in [6.45, 7) is 0. The lowest BCUT2D eigenvalue weighted by atomic mass is 10.2. The van der Waals surface area contributed by atoms with Crippen LogP contribution in [0, 0.1) is 0 Å². The number of rotatable bonds is 3. The summed E-state index contributed by atoms with van der Waals surface area (Å²) >= 11 is 9.16. The van der Waals surface area contributed by atoms with Gasteiger partial charge < -0.3 is 4.74 Å². The molecule has 3 heteroatoms. The summed E-state index contributed by atoms with van der Waals surface area (Å²) in [5, 5.41) is 1.54. The lowest BCUT2D eigenvalue weighted by Crippen LogP contribution is -1.86. The Hall–Kier alpha value is -0.470. The number of alkyl halides is 1. The van der Waals surface area contributed by atoms with Gasteiger partial charge in [0.1, 0.15) is 5.75 Å². The number of hydrogen-bond acceptors (Lipinski definition) is 1. The molecule has 1 rings (SSSR count). The Morgan fingerprint density at radius 3 is 2.92 bits per heavy atom. The number of methoxy groups -OCH3 is 1. The fourth-order valence-electron chi connectivity index (χ4n) is 1.01. The van der Waals surface area contributed by atoms with E-state index in [-0.39, 0.29) is 0 Å². The van der Waals surface area contributed by atoms with Crippen LogP contribution in [0.1, 0.15) is 5.56 Å². The van der Waals surface area contributed by atoms with E-state index in [1.807, 2.05) is 30.4 Å². The smallest absolute Gasteiger partial charge is 0.126 e. The molecule has 0 aliphatic rings. The standard InChI is InChI=1S/C10H10BrClO/c1-13-10-5-4-9(12)7-8(10)3-2-6-11/h2-5,7H,6H2,1H3. The molecule has 0 saturated heterocycles. The molecule has 1 aromatic rings. The first-order valence-electron chi connectivity index (χ1n) is 3.84. The van der Waals surface area contributed by atoms with Crippen molar-refractivity contribution in [1.82, 2.24) is 0 Å². The second kappa shape index (κ2) is 5.30. The zero-order valence-corrected chi connectivity index (χ0v) is 9.60. The van der Waals surface area contributed by atoms with Crippen LogP contribution in [-0.4, -0.2) is 12.4 Å². The third-order valence-corrected chi connectivity index (χ3v) is 2.19. The van der Waals surface area contributed by atoms with Crippen molar-refractivity contribution in [3.05, 3.63) is 34.9 Å². The zero-order valence-electron chi connectivity index (χ0n) is 7.26. The minimum absolute atomic E-state index is 0.718. The molecular formula is C10H10BrClO. The quantitative estimate of drug-likeness (QED) is 0.753. The Morgan fingerprint density at radius 1 is 1.54 bits per heavy atom. The van der Waals surface area contributed by atoms with Crippen molar-refractivity contribution >= 4 is 33.6 Å². The molecule has 0 saturated carbocycles. The predicted molar refractivity (Wildman–Crippen MR) is 60.8 cm³/mol. The van der Waals surface area contributed by atoms with Crippen LogP contribution in [0.4, 0.5) is 0 Å². The van der Waals surface area contributed by atoms with Gasteiger partial charge in [0.15, 0.2) is 0 Å². The number of ether oxygens (including phenoxy) is 1. The summed E-state index contributed by atoms with van der Waals surface area (Å²) in [4.78, 5) is 0. The first kappa shape index (κ1) is 10.6. The van der Waals surface area contributed by atoms with Crippen LogP contribution >= 0.6 is 27.5 Å². The van der Waals surface area contributed by atoms with Gasteiger partial charge in [-0.25, -0.2) is 0 Å². The van der Waals surface area contributed by atoms with Crippen molar-refractivity contribution < 1.29 is 4.74 Å². The summed E-state index contributed by atoms with van der Waals surface area (Å²) in [5.41, 5.74) is 0.995. The molecule has 0 aromatic heterocycles. The third kappa shape index (κ3) is 3.05. The van der Waals surface area contributed by atoms with Crippen molar-refractivity contribution in [2.24, 2.45) is 0 Å². The highest BCUT2D eigenvalue weighted by atomic mass is 79.9. The van der Waals surface area contributed by atoms with Crippen molar-refractivity contribution in [1.29, 1.82) is 0 Å². The highest BCUT2D eigenvalue weighted by Crippen LogP contribution is 2.23. The molecule has 0 spiro atoms. The van der Waals surface area contributed by atoms with Crippen LogP contribution in [0.3, 0.4) is 0 Å². The van der Waals surface area contributed by atoms with E-state index in [1.165, 1.54) is 0 Å². The van der Waals surface area contributed by atoms with Gasteiger partial charge >= 0.3 is 0 Å². The fourth-order valence-corrected chi connectivity index (χ4v) is 1.37. The van der Waals surface area contributed by atoms with Gasteiger partial charge in [-0.1, -0.05) is 39.7 Å². The number of halogens is 2. The number of allylic oxidation sites excluding steroid dienone is 1. The molecule has 0 aliphatic carbocycles. The molecule has 70 valence electrons. The fraction of sp³-hybridized carbons (Fsp3) is 0.200. The van der Waals surface area contributed by atoms with E-state index >= 15 is 0 Å². The van der Waals surface area contributed by atoms with Crippen LogP contribution in [0.15, 0.2) is 24.3 Å². The minimum Gasteiger partial charge on any atom is -0.496 e. The molecule has 0 fully saturated rings. The molecule has 0 unspecified atom stereocenters. The Balaban J connectivity index is 3.01. The van der Waals surface area contributed by atoms with E-state index < -0.39 is 0 Å². The first-order valence-corrected chi connectivity index (χ1v) is 5.34. The van der Waals surface area contributed by atoms with Crippen molar-refractivity contribution in [3.63, 3.8) is 0 Å². The van der Waals surface area contributed by atoms with Gasteiger partial charge in [0.05, 0.1) is 7.11 Å². The van der Waals surface area contributed by atoms with Gasteiger partial charge in [-0.2, -0.15) is 0 Å². The average molecular weight is 262 g/mol. The molecule has 0 aliphatic heterocycles. The van der Waals surface area contributed by atoms with E-state index in [2.05, 4.69) is 15.9 Å². The molecule has 0 atom stereocenters. The monoisotopic (exact) mass is 260 g/mol. The molecule has 0 amide bonds. The number of benzene rings is 1. The van der Waals surface area contributed by atoms with Crippen LogP contribution in [0.2, 0.25) is 5.02 Å². The molecule has 0 N–H and O–H groups in total. The van der Waals surface area contributed by atoms with E-state index in [4.69, 9.17) is 16.3 Å². The van der Waals surface area contributed by atoms with Gasteiger partial charge in [0.2, 0.25) is 0 Å². The molecule has 1 aromatic carbocycles. The van der Waals surface area contributed by atoms with Gasteiger partial charge in [0.25, 0.3) is 0 Å². The van der Waals surface area contributed by atoms with Gasteiger partial charge in [-0.05, 0) is 18.2 Å². The van der Waals surface area contributed by atoms with Crippen LogP contribution in [0.5, 0.6) is 5.75 Å². The molecule has 13 heavy (non-hydrogen) atoms. The number of hydrogen-bond donors (Lipinski definition) is 0. The summed E-state index contributed by atoms with van der Waals surface area (Å²) in [6, 6.07) is 5.54. The highest BCUT2D eigenvalue weighted by molar-refractivity contribution is 9.09. The van der Waals surface area contributed by atoms with Crippen LogP contribution < -0.4 is 4.74 Å². The largest absolute Gasteiger partial charge is 0.496 e. The maximum Gasteiger partial charge on any atom is 0.126 e. The Morgan fingerprint density at radius 2 is 2.31 bits per heavy atom. The molecule has 0 radical (unpaired) electrons. The van der Waals surface area contributed by atoms with E-state index in [0.717, 1.165) is 21.7 Å². The second-order valence-corrected chi connectivity index (χ2v) is 3.53. The lowest BCUT2D eigenvalue weighted by molar-refractivity contribution is 0.414. The predicted octanol–water partition coefficient (Wildman–Crippen LogP) is 3.76. The van der Waals surface area contributed by atoms with Gasteiger partial charge in [-0.3, -0.25) is 0 Å². The van der Waals surface area contributed by atoms with Crippen molar-refractivity contribution in [2.45, 2.75) is 0 Å². The summed E-state index contributed by atoms with van der Waals surface area (Å²) < 4.78 is 5.17. The normalized spacial score (nSPS) is 10.7. The molecular weight excluding hydrogens is 251 g/mol. The summed E-state index contributed by atoms with van der Waals surface area (Å²) in [6.07, 6.45) is 3.97. The third-order valence-electron chi connectivity index (χ3n) is 1.58. The molecule has 0 bridgehead atoms. The highest BCUT2D eigenvalue weighted by Gasteiger charge is 1.99. The molecule has 0 heterocycles. The topological polar surface area (TPSA) is 9.23 Å². The maximum atomic E-state index is 5.85. The van der Waals surface area contributed by atoms with E-state index in [9.17, 15) is 0 Å². The Labute approximate surface area is 91.5 Å². The van der Waals surface area contributed by atoms with Crippen LogP contribution in [0.25, 0.3) is 6.08 Å². The van der Waals surface area contributed by atoms with Crippen LogP contribution in [-0.2, 0) is 0 Å². The van der Waals surface area contributed by atoms with E-state index in [1.54, 1.807) is 7.11 Å². The zero-order chi connectivity index (χ0) is 9.68. The SMILES string of the molecule is COc1ccc(Cl)cc1C=CCBr. The lowest BCUT2D eigenvalue weighted by Gasteiger charge is -2.04. The minimum atomic E-state index is 0.718. The van der Waals surface area contributed by atoms with Gasteiger partial charge in [-0.15, -0.1) is 0 Å². The van der Waals surface area contributed by atoms with Crippen molar-refractivity contribution in [3.8, 4) is 5.75 Å². The maximum absolute atomic E-state index is 5.85. The van der Waals surface area contributed by atoms with Gasteiger partial charge in [0, 0.05) is 15.9 Å². The van der Waals surface area contributed by atoms with E-state index in [0.29, 0.717) is 0 Å². The Kier molecular flexibility index (Phi) is 4.33. The second-order valence-electron chi connectivity index (χ2n) is 2.44. The summed E-state index contributed by atoms with van der Waals surface area (Å²) in [7, 11) is 1.65. The first-order chi connectivity index (χ1) is 6.27. The summed E-state index contributed by atoms with van der Waals surface area (Å²) in [5.74, 6) is 0.835. The average Bonchev–Trinajstić information content (AvgIpc) is 2.15. The van der Waals surface area contributed by atoms with Crippen molar-refractivity contribution in [2.75, 3.05) is 12.4 Å². The molecule has 1 nitrogen and oxygen atoms in total.